The van der Waals surface area contributed by atoms with Gasteiger partial charge in [0.15, 0.2) is 0 Å². The Kier molecular flexibility index (Phi) is 5.74. The molecule has 2 rings (SSSR count). The molecule has 1 aromatic carbocycles. The first-order chi connectivity index (χ1) is 9.70. The number of nitrogens with one attached hydrogen (secondary N) is 1. The monoisotopic (exact) mass is 288 g/mol. The number of aryl methyl sites for hydroxylation is 1. The predicted octanol–water partition coefficient (Wildman–Crippen LogP) is 4.51. The third-order valence-corrected chi connectivity index (χ3v) is 4.29. The summed E-state index contributed by atoms with van der Waals surface area (Å²) in [6.45, 7) is 8.57. The van der Waals surface area contributed by atoms with Crippen molar-refractivity contribution in [3.05, 3.63) is 41.0 Å². The summed E-state index contributed by atoms with van der Waals surface area (Å²) in [5.41, 5.74) is 2.49. The summed E-state index contributed by atoms with van der Waals surface area (Å²) in [5.74, 6) is 0.670. The van der Waals surface area contributed by atoms with Crippen LogP contribution < -0.4 is 5.32 Å². The lowest BCUT2D eigenvalue weighted by atomic mass is 10.1. The second-order valence-electron chi connectivity index (χ2n) is 5.52. The van der Waals surface area contributed by atoms with Gasteiger partial charge in [-0.25, -0.2) is 4.98 Å². The molecule has 0 saturated carbocycles. The zero-order valence-electron chi connectivity index (χ0n) is 12.6. The van der Waals surface area contributed by atoms with Crippen LogP contribution in [-0.2, 0) is 13.0 Å². The first-order valence-electron chi connectivity index (χ1n) is 7.45. The fourth-order valence-corrected chi connectivity index (χ4v) is 3.32. The minimum Gasteiger partial charge on any atom is -0.311 e. The maximum Gasteiger partial charge on any atom is 0.0935 e. The standard InChI is InChI=1S/C17H24N2S/c1-4-8-16-19-15(12-18-11-13(2)3)17(20-16)14-9-6-5-7-10-14/h5-7,9-10,13,18H,4,8,11-12H2,1-3H3. The highest BCUT2D eigenvalue weighted by Crippen LogP contribution is 2.30. The summed E-state index contributed by atoms with van der Waals surface area (Å²) < 4.78 is 0. The SMILES string of the molecule is CCCc1nc(CNCC(C)C)c(-c2ccccc2)s1. The zero-order valence-corrected chi connectivity index (χ0v) is 13.5. The Hall–Kier alpha value is -1.19. The van der Waals surface area contributed by atoms with Gasteiger partial charge in [0.25, 0.3) is 0 Å². The minimum atomic E-state index is 0.670. The number of hydrogen-bond acceptors (Lipinski definition) is 3. The molecule has 20 heavy (non-hydrogen) atoms. The lowest BCUT2D eigenvalue weighted by molar-refractivity contribution is 0.549. The first-order valence-corrected chi connectivity index (χ1v) is 8.27. The molecule has 0 bridgehead atoms. The van der Waals surface area contributed by atoms with Crippen molar-refractivity contribution in [3.8, 4) is 10.4 Å². The van der Waals surface area contributed by atoms with E-state index in [1.165, 1.54) is 21.1 Å². The summed E-state index contributed by atoms with van der Waals surface area (Å²) in [7, 11) is 0. The van der Waals surface area contributed by atoms with Crippen LogP contribution in [0.15, 0.2) is 30.3 Å². The third kappa shape index (κ3) is 4.15. The van der Waals surface area contributed by atoms with E-state index in [4.69, 9.17) is 4.98 Å². The van der Waals surface area contributed by atoms with Crippen molar-refractivity contribution in [2.45, 2.75) is 40.2 Å². The normalized spacial score (nSPS) is 11.2. The van der Waals surface area contributed by atoms with Gasteiger partial charge in [0.1, 0.15) is 0 Å². The van der Waals surface area contributed by atoms with Crippen molar-refractivity contribution >= 4 is 11.3 Å². The van der Waals surface area contributed by atoms with E-state index in [-0.39, 0.29) is 0 Å². The molecule has 0 atom stereocenters. The van der Waals surface area contributed by atoms with Crippen LogP contribution in [0.25, 0.3) is 10.4 Å². The van der Waals surface area contributed by atoms with Crippen LogP contribution in [0.5, 0.6) is 0 Å². The van der Waals surface area contributed by atoms with Gasteiger partial charge in [-0.2, -0.15) is 0 Å². The summed E-state index contributed by atoms with van der Waals surface area (Å²) in [6, 6.07) is 10.6. The van der Waals surface area contributed by atoms with E-state index in [1.54, 1.807) is 0 Å². The molecular weight excluding hydrogens is 264 g/mol. The second kappa shape index (κ2) is 7.55. The van der Waals surface area contributed by atoms with Gasteiger partial charge < -0.3 is 5.32 Å². The zero-order chi connectivity index (χ0) is 14.4. The third-order valence-electron chi connectivity index (χ3n) is 3.09. The highest BCUT2D eigenvalue weighted by molar-refractivity contribution is 7.15. The molecule has 3 heteroatoms. The van der Waals surface area contributed by atoms with Gasteiger partial charge in [-0.3, -0.25) is 0 Å². The lowest BCUT2D eigenvalue weighted by Crippen LogP contribution is -2.19. The molecule has 108 valence electrons. The van der Waals surface area contributed by atoms with Crippen molar-refractivity contribution in [1.82, 2.24) is 10.3 Å². The minimum absolute atomic E-state index is 0.670. The topological polar surface area (TPSA) is 24.9 Å². The lowest BCUT2D eigenvalue weighted by Gasteiger charge is -2.07. The van der Waals surface area contributed by atoms with Crippen LogP contribution >= 0.6 is 11.3 Å². The Morgan fingerprint density at radius 2 is 1.95 bits per heavy atom. The summed E-state index contributed by atoms with van der Waals surface area (Å²) in [5, 5.41) is 4.77. The van der Waals surface area contributed by atoms with Crippen molar-refractivity contribution < 1.29 is 0 Å². The first kappa shape index (κ1) is 15.2. The second-order valence-corrected chi connectivity index (χ2v) is 6.61. The highest BCUT2D eigenvalue weighted by atomic mass is 32.1. The Balaban J connectivity index is 2.19. The Morgan fingerprint density at radius 3 is 2.60 bits per heavy atom. The van der Waals surface area contributed by atoms with Crippen molar-refractivity contribution in [3.63, 3.8) is 0 Å². The largest absolute Gasteiger partial charge is 0.311 e. The number of aromatic nitrogens is 1. The number of rotatable bonds is 7. The molecule has 0 spiro atoms. The maximum absolute atomic E-state index is 4.83. The molecule has 1 N–H and O–H groups in total. The van der Waals surface area contributed by atoms with E-state index in [0.717, 1.165) is 25.9 Å². The van der Waals surface area contributed by atoms with E-state index in [1.807, 2.05) is 11.3 Å². The molecule has 0 aliphatic heterocycles. The molecule has 1 heterocycles. The molecule has 1 aromatic heterocycles. The van der Waals surface area contributed by atoms with E-state index in [2.05, 4.69) is 56.4 Å². The molecular formula is C17H24N2S. The quantitative estimate of drug-likeness (QED) is 0.811. The smallest absolute Gasteiger partial charge is 0.0935 e. The molecule has 0 saturated heterocycles. The van der Waals surface area contributed by atoms with E-state index in [0.29, 0.717) is 5.92 Å². The molecule has 0 aliphatic rings. The Labute approximate surface area is 126 Å². The molecule has 2 aromatic rings. The van der Waals surface area contributed by atoms with Gasteiger partial charge >= 0.3 is 0 Å². The van der Waals surface area contributed by atoms with Crippen LogP contribution in [0.2, 0.25) is 0 Å². The molecule has 0 aliphatic carbocycles. The van der Waals surface area contributed by atoms with Crippen molar-refractivity contribution in [2.75, 3.05) is 6.54 Å². The van der Waals surface area contributed by atoms with Gasteiger partial charge in [0.2, 0.25) is 0 Å². The highest BCUT2D eigenvalue weighted by Gasteiger charge is 2.12. The maximum atomic E-state index is 4.83. The number of thiazole rings is 1. The van der Waals surface area contributed by atoms with E-state index >= 15 is 0 Å². The fourth-order valence-electron chi connectivity index (χ4n) is 2.14. The average molecular weight is 288 g/mol. The van der Waals surface area contributed by atoms with E-state index in [9.17, 15) is 0 Å². The van der Waals surface area contributed by atoms with Crippen molar-refractivity contribution in [2.24, 2.45) is 5.92 Å². The molecule has 0 radical (unpaired) electrons. The Bertz CT molecular complexity index is 517. The fraction of sp³-hybridized carbons (Fsp3) is 0.471. The van der Waals surface area contributed by atoms with Crippen LogP contribution in [0.1, 0.15) is 37.9 Å². The summed E-state index contributed by atoms with van der Waals surface area (Å²) in [6.07, 6.45) is 2.23. The van der Waals surface area contributed by atoms with Crippen LogP contribution in [-0.4, -0.2) is 11.5 Å². The number of hydrogen-bond donors (Lipinski definition) is 1. The van der Waals surface area contributed by atoms with Crippen LogP contribution in [0.3, 0.4) is 0 Å². The average Bonchev–Trinajstić information content (AvgIpc) is 2.83. The van der Waals surface area contributed by atoms with Crippen LogP contribution in [0.4, 0.5) is 0 Å². The summed E-state index contributed by atoms with van der Waals surface area (Å²) in [4.78, 5) is 6.15. The van der Waals surface area contributed by atoms with Crippen molar-refractivity contribution in [1.29, 1.82) is 0 Å². The van der Waals surface area contributed by atoms with E-state index < -0.39 is 0 Å². The van der Waals surface area contributed by atoms with Gasteiger partial charge in [-0.05, 0) is 30.9 Å². The number of benzene rings is 1. The van der Waals surface area contributed by atoms with Crippen LogP contribution in [0, 0.1) is 5.92 Å². The Morgan fingerprint density at radius 1 is 1.20 bits per heavy atom. The van der Waals surface area contributed by atoms with Gasteiger partial charge in [-0.15, -0.1) is 11.3 Å². The predicted molar refractivity (Wildman–Crippen MR) is 88.1 cm³/mol. The van der Waals surface area contributed by atoms with Gasteiger partial charge in [0.05, 0.1) is 15.6 Å². The molecule has 0 fully saturated rings. The number of nitrogens with zero attached hydrogens (tertiary/aromatic N) is 1. The molecule has 0 unspecified atom stereocenters. The molecule has 2 nitrogen and oxygen atoms in total. The molecule has 0 amide bonds. The van der Waals surface area contributed by atoms with Gasteiger partial charge in [-0.1, -0.05) is 51.1 Å². The summed E-state index contributed by atoms with van der Waals surface area (Å²) >= 11 is 1.84. The van der Waals surface area contributed by atoms with Gasteiger partial charge in [0, 0.05) is 6.54 Å².